The van der Waals surface area contributed by atoms with Crippen LogP contribution >= 0.6 is 38.5 Å². The second-order valence-corrected chi connectivity index (χ2v) is 4.04. The summed E-state index contributed by atoms with van der Waals surface area (Å²) in [5, 5.41) is 0. The smallest absolute Gasteiger partial charge is 0.142 e. The SMILES string of the molecule is NCc1c(I)ccc(Br)c1F. The van der Waals surface area contributed by atoms with Crippen molar-refractivity contribution in [2.24, 2.45) is 5.73 Å². The van der Waals surface area contributed by atoms with Gasteiger partial charge in [-0.2, -0.15) is 0 Å². The maximum atomic E-state index is 13.1. The molecule has 1 aromatic rings. The third-order valence-corrected chi connectivity index (χ3v) is 2.97. The van der Waals surface area contributed by atoms with Crippen LogP contribution in [0.5, 0.6) is 0 Å². The lowest BCUT2D eigenvalue weighted by atomic mass is 10.2. The van der Waals surface area contributed by atoms with Gasteiger partial charge in [0.1, 0.15) is 5.82 Å². The van der Waals surface area contributed by atoms with E-state index < -0.39 is 0 Å². The fraction of sp³-hybridized carbons (Fsp3) is 0.143. The molecule has 0 aromatic heterocycles. The van der Waals surface area contributed by atoms with Gasteiger partial charge in [0.05, 0.1) is 4.47 Å². The highest BCUT2D eigenvalue weighted by Gasteiger charge is 2.07. The number of benzene rings is 1. The van der Waals surface area contributed by atoms with E-state index in [2.05, 4.69) is 38.5 Å². The molecule has 0 fully saturated rings. The average Bonchev–Trinajstić information content (AvgIpc) is 1.99. The topological polar surface area (TPSA) is 26.0 Å². The van der Waals surface area contributed by atoms with E-state index >= 15 is 0 Å². The van der Waals surface area contributed by atoms with Crippen molar-refractivity contribution in [3.63, 3.8) is 0 Å². The molecule has 0 radical (unpaired) electrons. The summed E-state index contributed by atoms with van der Waals surface area (Å²) in [6.07, 6.45) is 0. The van der Waals surface area contributed by atoms with E-state index in [-0.39, 0.29) is 12.4 Å². The summed E-state index contributed by atoms with van der Waals surface area (Å²) >= 11 is 5.15. The molecular weight excluding hydrogens is 324 g/mol. The molecule has 2 N–H and O–H groups in total. The van der Waals surface area contributed by atoms with E-state index in [0.29, 0.717) is 10.0 Å². The molecule has 0 aliphatic rings. The number of nitrogens with two attached hydrogens (primary N) is 1. The summed E-state index contributed by atoms with van der Waals surface area (Å²) < 4.78 is 14.5. The van der Waals surface area contributed by atoms with Gasteiger partial charge in [0, 0.05) is 15.7 Å². The largest absolute Gasteiger partial charge is 0.326 e. The summed E-state index contributed by atoms with van der Waals surface area (Å²) in [6.45, 7) is 0.240. The second kappa shape index (κ2) is 3.82. The third-order valence-electron chi connectivity index (χ3n) is 1.34. The molecule has 0 aliphatic carbocycles. The maximum Gasteiger partial charge on any atom is 0.142 e. The van der Waals surface area contributed by atoms with Gasteiger partial charge >= 0.3 is 0 Å². The number of rotatable bonds is 1. The Labute approximate surface area is 86.4 Å². The molecule has 0 spiro atoms. The minimum absolute atomic E-state index is 0.240. The lowest BCUT2D eigenvalue weighted by Crippen LogP contribution is -2.02. The van der Waals surface area contributed by atoms with Crippen LogP contribution in [-0.2, 0) is 6.54 Å². The van der Waals surface area contributed by atoms with Gasteiger partial charge in [-0.05, 0) is 50.7 Å². The van der Waals surface area contributed by atoms with E-state index in [1.807, 2.05) is 6.07 Å². The van der Waals surface area contributed by atoms with E-state index in [4.69, 9.17) is 5.73 Å². The molecule has 0 unspecified atom stereocenters. The minimum atomic E-state index is -0.251. The Morgan fingerprint density at radius 1 is 1.55 bits per heavy atom. The molecule has 0 atom stereocenters. The van der Waals surface area contributed by atoms with Crippen LogP contribution in [0.4, 0.5) is 4.39 Å². The Morgan fingerprint density at radius 3 is 2.64 bits per heavy atom. The number of hydrogen-bond donors (Lipinski definition) is 1. The van der Waals surface area contributed by atoms with Crippen LogP contribution in [0, 0.1) is 9.39 Å². The fourth-order valence-corrected chi connectivity index (χ4v) is 1.76. The summed E-state index contributed by atoms with van der Waals surface area (Å²) in [4.78, 5) is 0. The summed E-state index contributed by atoms with van der Waals surface area (Å²) in [5.74, 6) is -0.251. The lowest BCUT2D eigenvalue weighted by molar-refractivity contribution is 0.602. The molecule has 1 rings (SSSR count). The van der Waals surface area contributed by atoms with Gasteiger partial charge in [-0.1, -0.05) is 0 Å². The molecule has 4 heteroatoms. The molecular formula is C7H6BrFIN. The van der Waals surface area contributed by atoms with Gasteiger partial charge in [-0.25, -0.2) is 4.39 Å². The van der Waals surface area contributed by atoms with Crippen molar-refractivity contribution in [3.8, 4) is 0 Å². The maximum absolute atomic E-state index is 13.1. The van der Waals surface area contributed by atoms with Crippen molar-refractivity contribution < 1.29 is 4.39 Å². The van der Waals surface area contributed by atoms with Crippen LogP contribution in [0.1, 0.15) is 5.56 Å². The molecule has 11 heavy (non-hydrogen) atoms. The first-order valence-electron chi connectivity index (χ1n) is 2.99. The monoisotopic (exact) mass is 329 g/mol. The Balaban J connectivity index is 3.29. The van der Waals surface area contributed by atoms with Gasteiger partial charge in [-0.15, -0.1) is 0 Å². The molecule has 0 aliphatic heterocycles. The molecule has 0 amide bonds. The first-order valence-corrected chi connectivity index (χ1v) is 4.86. The Kier molecular flexibility index (Phi) is 3.27. The Bertz CT molecular complexity index is 277. The van der Waals surface area contributed by atoms with E-state index in [1.54, 1.807) is 6.07 Å². The van der Waals surface area contributed by atoms with Crippen LogP contribution in [-0.4, -0.2) is 0 Å². The molecule has 0 heterocycles. The fourth-order valence-electron chi connectivity index (χ4n) is 0.756. The zero-order valence-electron chi connectivity index (χ0n) is 5.57. The molecule has 0 bridgehead atoms. The molecule has 0 saturated carbocycles. The zero-order chi connectivity index (χ0) is 8.43. The Morgan fingerprint density at radius 2 is 2.18 bits per heavy atom. The van der Waals surface area contributed by atoms with Crippen molar-refractivity contribution >= 4 is 38.5 Å². The highest BCUT2D eigenvalue weighted by atomic mass is 127. The standard InChI is InChI=1S/C7H6BrFIN/c8-5-1-2-6(10)4(3-11)7(5)9/h1-2H,3,11H2. The van der Waals surface area contributed by atoms with Crippen molar-refractivity contribution in [1.29, 1.82) is 0 Å². The van der Waals surface area contributed by atoms with E-state index in [0.717, 1.165) is 3.57 Å². The van der Waals surface area contributed by atoms with Crippen LogP contribution < -0.4 is 5.73 Å². The van der Waals surface area contributed by atoms with Crippen LogP contribution in [0.25, 0.3) is 0 Å². The van der Waals surface area contributed by atoms with Crippen molar-refractivity contribution in [2.45, 2.75) is 6.54 Å². The summed E-state index contributed by atoms with van der Waals surface area (Å²) in [6, 6.07) is 3.51. The van der Waals surface area contributed by atoms with E-state index in [9.17, 15) is 4.39 Å². The minimum Gasteiger partial charge on any atom is -0.326 e. The van der Waals surface area contributed by atoms with E-state index in [1.165, 1.54) is 0 Å². The molecule has 0 saturated heterocycles. The van der Waals surface area contributed by atoms with Gasteiger partial charge in [-0.3, -0.25) is 0 Å². The van der Waals surface area contributed by atoms with Gasteiger partial charge in [0.2, 0.25) is 0 Å². The highest BCUT2D eigenvalue weighted by Crippen LogP contribution is 2.22. The highest BCUT2D eigenvalue weighted by molar-refractivity contribution is 14.1. The van der Waals surface area contributed by atoms with Crippen LogP contribution in [0.3, 0.4) is 0 Å². The van der Waals surface area contributed by atoms with Crippen molar-refractivity contribution in [1.82, 2.24) is 0 Å². The average molecular weight is 330 g/mol. The van der Waals surface area contributed by atoms with Gasteiger partial charge < -0.3 is 5.73 Å². The number of halogens is 3. The van der Waals surface area contributed by atoms with Crippen molar-refractivity contribution in [2.75, 3.05) is 0 Å². The number of hydrogen-bond acceptors (Lipinski definition) is 1. The van der Waals surface area contributed by atoms with Crippen molar-refractivity contribution in [3.05, 3.63) is 31.6 Å². The zero-order valence-corrected chi connectivity index (χ0v) is 9.32. The predicted molar refractivity (Wildman–Crippen MR) is 54.7 cm³/mol. The first-order chi connectivity index (χ1) is 5.16. The third kappa shape index (κ3) is 1.91. The normalized spacial score (nSPS) is 10.2. The first kappa shape index (κ1) is 9.41. The molecule has 60 valence electrons. The Hall–Kier alpha value is 0.320. The second-order valence-electron chi connectivity index (χ2n) is 2.03. The lowest BCUT2D eigenvalue weighted by Gasteiger charge is -2.03. The van der Waals surface area contributed by atoms with Crippen LogP contribution in [0.15, 0.2) is 16.6 Å². The predicted octanol–water partition coefficient (Wildman–Crippen LogP) is 2.65. The molecule has 1 aromatic carbocycles. The molecule has 1 nitrogen and oxygen atoms in total. The summed E-state index contributed by atoms with van der Waals surface area (Å²) in [7, 11) is 0. The van der Waals surface area contributed by atoms with Gasteiger partial charge in [0.25, 0.3) is 0 Å². The quantitative estimate of drug-likeness (QED) is 0.622. The van der Waals surface area contributed by atoms with Gasteiger partial charge in [0.15, 0.2) is 0 Å². The summed E-state index contributed by atoms with van der Waals surface area (Å²) in [5.41, 5.74) is 5.92. The van der Waals surface area contributed by atoms with Crippen LogP contribution in [0.2, 0.25) is 0 Å².